The highest BCUT2D eigenvalue weighted by atomic mass is 19.1. The van der Waals surface area contributed by atoms with E-state index in [9.17, 15) is 14.0 Å². The van der Waals surface area contributed by atoms with Crippen LogP contribution in [0, 0.1) is 5.82 Å². The zero-order valence-corrected chi connectivity index (χ0v) is 20.3. The molecular formula is C27H26FN6O2+. The molecule has 4 aromatic rings. The molecule has 5 heterocycles. The molecule has 3 aromatic heterocycles. The molecule has 1 fully saturated rings. The van der Waals surface area contributed by atoms with Gasteiger partial charge in [-0.3, -0.25) is 19.5 Å². The fourth-order valence-corrected chi connectivity index (χ4v) is 5.43. The quantitative estimate of drug-likeness (QED) is 0.418. The monoisotopic (exact) mass is 485 g/mol. The summed E-state index contributed by atoms with van der Waals surface area (Å²) < 4.78 is 17.3. The molecule has 1 atom stereocenters. The second kappa shape index (κ2) is 7.94. The molecular weight excluding hydrogens is 459 g/mol. The molecule has 0 saturated carbocycles. The van der Waals surface area contributed by atoms with Gasteiger partial charge in [-0.05, 0) is 48.4 Å². The Morgan fingerprint density at radius 3 is 2.61 bits per heavy atom. The van der Waals surface area contributed by atoms with Crippen LogP contribution >= 0.6 is 0 Å². The molecule has 2 amide bonds. The third-order valence-electron chi connectivity index (χ3n) is 7.22. The fourth-order valence-electron chi connectivity index (χ4n) is 5.43. The molecule has 6 rings (SSSR count). The molecule has 36 heavy (non-hydrogen) atoms. The number of carbonyl (C=O) groups is 2. The lowest BCUT2D eigenvalue weighted by molar-refractivity contribution is -0.749. The Morgan fingerprint density at radius 1 is 1.14 bits per heavy atom. The molecule has 1 saturated heterocycles. The first-order chi connectivity index (χ1) is 17.3. The van der Waals surface area contributed by atoms with Crippen molar-refractivity contribution in [3.05, 3.63) is 83.7 Å². The SMILES string of the molecule is CC(C)c1cc(-c2ccc(F)cc2)nn2cc3[n+](c12)C1(C)CN(C(=O)c2ccccn2)CCN1C3=O. The maximum absolute atomic E-state index is 13.5. The minimum atomic E-state index is -0.771. The summed E-state index contributed by atoms with van der Waals surface area (Å²) >= 11 is 0. The van der Waals surface area contributed by atoms with E-state index in [1.165, 1.54) is 12.1 Å². The van der Waals surface area contributed by atoms with Crippen molar-refractivity contribution in [2.75, 3.05) is 19.6 Å². The van der Waals surface area contributed by atoms with Gasteiger partial charge < -0.3 is 4.90 Å². The minimum Gasteiger partial charge on any atom is -0.329 e. The highest BCUT2D eigenvalue weighted by Gasteiger charge is 2.57. The Morgan fingerprint density at radius 2 is 1.92 bits per heavy atom. The van der Waals surface area contributed by atoms with Crippen LogP contribution in [-0.4, -0.2) is 55.8 Å². The Kier molecular flexibility index (Phi) is 4.93. The number of carbonyl (C=O) groups excluding carboxylic acids is 2. The summed E-state index contributed by atoms with van der Waals surface area (Å²) in [6.45, 7) is 7.40. The lowest BCUT2D eigenvalue weighted by atomic mass is 10.0. The van der Waals surface area contributed by atoms with Gasteiger partial charge in [0, 0.05) is 37.3 Å². The van der Waals surface area contributed by atoms with E-state index < -0.39 is 5.66 Å². The van der Waals surface area contributed by atoms with Gasteiger partial charge in [0.2, 0.25) is 11.4 Å². The van der Waals surface area contributed by atoms with Gasteiger partial charge in [0.25, 0.3) is 5.91 Å². The largest absolute Gasteiger partial charge is 0.329 e. The van der Waals surface area contributed by atoms with Crippen LogP contribution in [0.1, 0.15) is 53.2 Å². The fraction of sp³-hybridized carbons (Fsp3) is 0.296. The van der Waals surface area contributed by atoms with Crippen LogP contribution in [0.4, 0.5) is 4.39 Å². The maximum Gasteiger partial charge on any atom is 0.313 e. The van der Waals surface area contributed by atoms with Crippen LogP contribution in [0.25, 0.3) is 16.9 Å². The molecule has 0 N–H and O–H groups in total. The first-order valence-corrected chi connectivity index (χ1v) is 12.0. The highest BCUT2D eigenvalue weighted by Crippen LogP contribution is 2.34. The van der Waals surface area contributed by atoms with Gasteiger partial charge in [-0.25, -0.2) is 4.39 Å². The van der Waals surface area contributed by atoms with Crippen molar-refractivity contribution in [1.82, 2.24) is 24.4 Å². The van der Waals surface area contributed by atoms with Crippen LogP contribution in [0.15, 0.2) is 60.9 Å². The number of piperazine rings is 1. The molecule has 9 heteroatoms. The summed E-state index contributed by atoms with van der Waals surface area (Å²) in [5, 5.41) is 4.80. The zero-order valence-electron chi connectivity index (χ0n) is 20.3. The number of aromatic nitrogens is 4. The average Bonchev–Trinajstić information content (AvgIpc) is 3.37. The molecule has 2 aliphatic rings. The number of halogens is 1. The van der Waals surface area contributed by atoms with Crippen LogP contribution < -0.4 is 4.57 Å². The number of imidazole rings is 1. The molecule has 0 bridgehead atoms. The van der Waals surface area contributed by atoms with E-state index in [2.05, 4.69) is 18.8 Å². The van der Waals surface area contributed by atoms with E-state index >= 15 is 0 Å². The van der Waals surface area contributed by atoms with Crippen molar-refractivity contribution in [2.24, 2.45) is 0 Å². The van der Waals surface area contributed by atoms with Gasteiger partial charge in [-0.15, -0.1) is 0 Å². The summed E-state index contributed by atoms with van der Waals surface area (Å²) in [6, 6.07) is 13.5. The zero-order chi connectivity index (χ0) is 25.2. The maximum atomic E-state index is 13.5. The molecule has 8 nitrogen and oxygen atoms in total. The number of benzene rings is 1. The number of amides is 2. The van der Waals surface area contributed by atoms with E-state index in [4.69, 9.17) is 5.10 Å². The van der Waals surface area contributed by atoms with Crippen LogP contribution in [0.3, 0.4) is 0 Å². The number of nitrogens with zero attached hydrogens (tertiary/aromatic N) is 6. The molecule has 0 aliphatic carbocycles. The van der Waals surface area contributed by atoms with Crippen molar-refractivity contribution in [2.45, 2.75) is 32.4 Å². The average molecular weight is 486 g/mol. The first-order valence-electron chi connectivity index (χ1n) is 12.0. The van der Waals surface area contributed by atoms with E-state index in [0.717, 1.165) is 16.8 Å². The Balaban J connectivity index is 1.49. The Bertz CT molecular complexity index is 1520. The van der Waals surface area contributed by atoms with Gasteiger partial charge >= 0.3 is 11.6 Å². The molecule has 1 unspecified atom stereocenters. The summed E-state index contributed by atoms with van der Waals surface area (Å²) in [5.74, 6) is -0.405. The van der Waals surface area contributed by atoms with Gasteiger partial charge in [0.05, 0.1) is 6.54 Å². The van der Waals surface area contributed by atoms with E-state index in [1.54, 1.807) is 52.1 Å². The lowest BCUT2D eigenvalue weighted by Crippen LogP contribution is -2.69. The minimum absolute atomic E-state index is 0.0778. The van der Waals surface area contributed by atoms with Gasteiger partial charge in [-0.2, -0.15) is 4.57 Å². The predicted octanol–water partition coefficient (Wildman–Crippen LogP) is 3.23. The topological polar surface area (TPSA) is 74.7 Å². The molecule has 0 radical (unpaired) electrons. The summed E-state index contributed by atoms with van der Waals surface area (Å²) in [7, 11) is 0. The standard InChI is InChI=1S/C27H26FN6O2/c1-17(2)20-14-22(18-7-9-19(28)10-8-18)30-33-15-23-26(36)32-13-12-31(16-27(32,3)34(23)24(20)33)25(35)21-6-4-5-11-29-21/h4-11,14-15,17H,12-13,16H2,1-3H3/q+1. The Labute approximate surface area is 207 Å². The number of hydrogen-bond donors (Lipinski definition) is 0. The molecule has 0 spiro atoms. The lowest BCUT2D eigenvalue weighted by Gasteiger charge is -2.42. The Hall–Kier alpha value is -4.14. The number of fused-ring (bicyclic) bond motifs is 5. The smallest absolute Gasteiger partial charge is 0.313 e. The van der Waals surface area contributed by atoms with Crippen LogP contribution in [-0.2, 0) is 5.66 Å². The van der Waals surface area contributed by atoms with Crippen molar-refractivity contribution >= 4 is 17.5 Å². The highest BCUT2D eigenvalue weighted by molar-refractivity contribution is 5.95. The third kappa shape index (κ3) is 3.22. The second-order valence-corrected chi connectivity index (χ2v) is 9.88. The summed E-state index contributed by atoms with van der Waals surface area (Å²) in [6.07, 6.45) is 3.38. The van der Waals surface area contributed by atoms with E-state index in [-0.39, 0.29) is 23.5 Å². The summed E-state index contributed by atoms with van der Waals surface area (Å²) in [5.41, 5.74) is 3.48. The van der Waals surface area contributed by atoms with Crippen LogP contribution in [0.2, 0.25) is 0 Å². The summed E-state index contributed by atoms with van der Waals surface area (Å²) in [4.78, 5) is 34.6. The number of rotatable bonds is 3. The predicted molar refractivity (Wildman–Crippen MR) is 130 cm³/mol. The van der Waals surface area contributed by atoms with Crippen molar-refractivity contribution in [1.29, 1.82) is 0 Å². The van der Waals surface area contributed by atoms with Gasteiger partial charge in [0.1, 0.15) is 17.2 Å². The van der Waals surface area contributed by atoms with Crippen molar-refractivity contribution in [3.8, 4) is 11.3 Å². The number of hydrogen-bond acceptors (Lipinski definition) is 4. The van der Waals surface area contributed by atoms with Crippen molar-refractivity contribution in [3.63, 3.8) is 0 Å². The third-order valence-corrected chi connectivity index (χ3v) is 7.22. The second-order valence-electron chi connectivity index (χ2n) is 9.88. The van der Waals surface area contributed by atoms with Crippen molar-refractivity contribution < 1.29 is 18.5 Å². The van der Waals surface area contributed by atoms with Gasteiger partial charge in [0.15, 0.2) is 6.20 Å². The number of pyridine rings is 1. The first kappa shape index (κ1) is 22.3. The van der Waals surface area contributed by atoms with E-state index in [0.29, 0.717) is 36.7 Å². The van der Waals surface area contributed by atoms with Crippen LogP contribution in [0.5, 0.6) is 0 Å². The van der Waals surface area contributed by atoms with Gasteiger partial charge in [-0.1, -0.05) is 29.5 Å². The van der Waals surface area contributed by atoms with E-state index in [1.807, 2.05) is 22.5 Å². The normalized spacial score (nSPS) is 19.2. The molecule has 1 aromatic carbocycles. The molecule has 2 aliphatic heterocycles. The molecule has 182 valence electrons.